The van der Waals surface area contributed by atoms with E-state index in [4.69, 9.17) is 21.3 Å². The van der Waals surface area contributed by atoms with Gasteiger partial charge in [0.1, 0.15) is 5.82 Å². The molecular formula is C25H26ClN5O4. The molecule has 1 fully saturated rings. The van der Waals surface area contributed by atoms with Gasteiger partial charge < -0.3 is 19.9 Å². The summed E-state index contributed by atoms with van der Waals surface area (Å²) in [6, 6.07) is 10.5. The van der Waals surface area contributed by atoms with Crippen molar-refractivity contribution in [2.45, 2.75) is 20.3 Å². The highest BCUT2D eigenvalue weighted by molar-refractivity contribution is 6.35. The van der Waals surface area contributed by atoms with Crippen molar-refractivity contribution in [2.24, 2.45) is 0 Å². The number of hydrogen-bond donors (Lipinski definition) is 1. The van der Waals surface area contributed by atoms with E-state index >= 15 is 0 Å². The van der Waals surface area contributed by atoms with E-state index in [1.54, 1.807) is 52.4 Å². The number of fused-ring (bicyclic) bond motifs is 1. The zero-order chi connectivity index (χ0) is 24.9. The van der Waals surface area contributed by atoms with Gasteiger partial charge in [-0.2, -0.15) is 0 Å². The van der Waals surface area contributed by atoms with E-state index in [2.05, 4.69) is 10.3 Å². The highest BCUT2D eigenvalue weighted by Crippen LogP contribution is 2.29. The molecule has 3 heterocycles. The van der Waals surface area contributed by atoms with E-state index in [-0.39, 0.29) is 17.9 Å². The number of rotatable bonds is 5. The number of carbonyl (C=O) groups is 3. The normalized spacial score (nSPS) is 13.6. The molecular weight excluding hydrogens is 470 g/mol. The van der Waals surface area contributed by atoms with Gasteiger partial charge in [-0.15, -0.1) is 0 Å². The molecule has 1 saturated heterocycles. The third-order valence-corrected chi connectivity index (χ3v) is 5.94. The van der Waals surface area contributed by atoms with Crippen LogP contribution in [0.25, 0.3) is 22.2 Å². The van der Waals surface area contributed by atoms with Crippen LogP contribution in [-0.2, 0) is 9.53 Å². The summed E-state index contributed by atoms with van der Waals surface area (Å²) >= 11 is 6.51. The Morgan fingerprint density at radius 1 is 1.06 bits per heavy atom. The molecule has 0 radical (unpaired) electrons. The van der Waals surface area contributed by atoms with E-state index in [1.165, 1.54) is 6.92 Å². The molecule has 10 heteroatoms. The zero-order valence-corrected chi connectivity index (χ0v) is 20.3. The van der Waals surface area contributed by atoms with Gasteiger partial charge in [0.2, 0.25) is 5.91 Å². The Morgan fingerprint density at radius 2 is 1.80 bits per heavy atom. The Labute approximate surface area is 208 Å². The van der Waals surface area contributed by atoms with Gasteiger partial charge in [-0.3, -0.25) is 9.59 Å². The molecule has 182 valence electrons. The fraction of sp³-hybridized carbons (Fsp3) is 0.320. The number of carbonyl (C=O) groups excluding carboxylic acids is 3. The van der Waals surface area contributed by atoms with Gasteiger partial charge >= 0.3 is 6.09 Å². The van der Waals surface area contributed by atoms with E-state index in [1.807, 2.05) is 6.92 Å². The number of hydrogen-bond acceptors (Lipinski definition) is 6. The first kappa shape index (κ1) is 24.4. The fourth-order valence-corrected chi connectivity index (χ4v) is 4.09. The molecule has 3 amide bonds. The molecule has 1 aliphatic heterocycles. The lowest BCUT2D eigenvalue weighted by atomic mass is 10.1. The van der Waals surface area contributed by atoms with Crippen molar-refractivity contribution in [3.8, 4) is 11.3 Å². The van der Waals surface area contributed by atoms with Crippen LogP contribution < -0.4 is 5.32 Å². The van der Waals surface area contributed by atoms with Gasteiger partial charge in [-0.25, -0.2) is 14.8 Å². The standard InChI is InChI=1S/C25H26ClN5O4/c1-3-12-35-25(34)31-10-8-30(9-11-31)24(33)17-4-6-19-20(26)14-21(29-22(19)13-17)18-5-7-23(27-15-18)28-16(2)32/h4-7,13-15H,3,8-12H2,1-2H3,(H,27,28,32). The maximum atomic E-state index is 13.1. The fourth-order valence-electron chi connectivity index (χ4n) is 3.82. The molecule has 0 aliphatic carbocycles. The number of pyridine rings is 2. The molecule has 3 aromatic rings. The Hall–Kier alpha value is -3.72. The monoisotopic (exact) mass is 495 g/mol. The van der Waals surface area contributed by atoms with Gasteiger partial charge in [-0.05, 0) is 36.8 Å². The third-order valence-electron chi connectivity index (χ3n) is 5.62. The van der Waals surface area contributed by atoms with E-state index in [0.29, 0.717) is 60.4 Å². The van der Waals surface area contributed by atoms with E-state index in [9.17, 15) is 14.4 Å². The maximum absolute atomic E-state index is 13.1. The predicted molar refractivity (Wildman–Crippen MR) is 133 cm³/mol. The van der Waals surface area contributed by atoms with E-state index in [0.717, 1.165) is 17.4 Å². The number of ether oxygens (including phenoxy) is 1. The number of nitrogens with one attached hydrogen (secondary N) is 1. The number of nitrogens with zero attached hydrogens (tertiary/aromatic N) is 4. The second-order valence-corrected chi connectivity index (χ2v) is 8.64. The Balaban J connectivity index is 1.51. The second-order valence-electron chi connectivity index (χ2n) is 8.23. The van der Waals surface area contributed by atoms with Crippen molar-refractivity contribution in [3.63, 3.8) is 0 Å². The number of amides is 3. The summed E-state index contributed by atoms with van der Waals surface area (Å²) in [5.41, 5.74) is 2.42. The minimum Gasteiger partial charge on any atom is -0.449 e. The number of anilines is 1. The van der Waals surface area contributed by atoms with Gasteiger partial charge in [-0.1, -0.05) is 24.6 Å². The van der Waals surface area contributed by atoms with Crippen LogP contribution in [0.2, 0.25) is 5.02 Å². The summed E-state index contributed by atoms with van der Waals surface area (Å²) in [6.45, 7) is 5.47. The molecule has 1 aliphatic rings. The van der Waals surface area contributed by atoms with Crippen LogP contribution in [0.5, 0.6) is 0 Å². The number of piperazine rings is 1. The molecule has 9 nitrogen and oxygen atoms in total. The number of halogens is 1. The molecule has 1 aromatic carbocycles. The minimum atomic E-state index is -0.337. The van der Waals surface area contributed by atoms with Crippen LogP contribution in [0.15, 0.2) is 42.6 Å². The summed E-state index contributed by atoms with van der Waals surface area (Å²) in [7, 11) is 0. The van der Waals surface area contributed by atoms with Crippen LogP contribution in [-0.4, -0.2) is 70.5 Å². The molecule has 0 spiro atoms. The first-order valence-electron chi connectivity index (χ1n) is 11.4. The zero-order valence-electron chi connectivity index (χ0n) is 19.6. The summed E-state index contributed by atoms with van der Waals surface area (Å²) in [4.78, 5) is 48.7. The number of benzene rings is 1. The summed E-state index contributed by atoms with van der Waals surface area (Å²) in [5.74, 6) is 0.116. The van der Waals surface area contributed by atoms with Crippen LogP contribution in [0.4, 0.5) is 10.6 Å². The van der Waals surface area contributed by atoms with Crippen LogP contribution in [0.1, 0.15) is 30.6 Å². The second kappa shape index (κ2) is 10.7. The minimum absolute atomic E-state index is 0.127. The van der Waals surface area contributed by atoms with Crippen molar-refractivity contribution in [1.29, 1.82) is 0 Å². The topological polar surface area (TPSA) is 105 Å². The molecule has 0 saturated carbocycles. The van der Waals surface area contributed by atoms with Crippen LogP contribution >= 0.6 is 11.6 Å². The summed E-state index contributed by atoms with van der Waals surface area (Å²) in [6.07, 6.45) is 2.04. The SMILES string of the molecule is CCCOC(=O)N1CCN(C(=O)c2ccc3c(Cl)cc(-c4ccc(NC(C)=O)nc4)nc3c2)CC1. The van der Waals surface area contributed by atoms with Crippen molar-refractivity contribution >= 4 is 46.2 Å². The molecule has 2 aromatic heterocycles. The lowest BCUT2D eigenvalue weighted by Crippen LogP contribution is -2.50. The quantitative estimate of drug-likeness (QED) is 0.568. The third kappa shape index (κ3) is 5.68. The highest BCUT2D eigenvalue weighted by atomic mass is 35.5. The van der Waals surface area contributed by atoms with Crippen LogP contribution in [0.3, 0.4) is 0 Å². The molecule has 4 rings (SSSR count). The average Bonchev–Trinajstić information content (AvgIpc) is 2.86. The predicted octanol–water partition coefficient (Wildman–Crippen LogP) is 4.21. The lowest BCUT2D eigenvalue weighted by molar-refractivity contribution is -0.114. The van der Waals surface area contributed by atoms with Crippen molar-refractivity contribution in [2.75, 3.05) is 38.1 Å². The first-order valence-corrected chi connectivity index (χ1v) is 11.8. The van der Waals surface area contributed by atoms with Gasteiger partial charge in [0.05, 0.1) is 22.8 Å². The molecule has 35 heavy (non-hydrogen) atoms. The smallest absolute Gasteiger partial charge is 0.409 e. The van der Waals surface area contributed by atoms with Gasteiger partial charge in [0, 0.05) is 55.8 Å². The van der Waals surface area contributed by atoms with Gasteiger partial charge in [0.15, 0.2) is 0 Å². The summed E-state index contributed by atoms with van der Waals surface area (Å²) in [5, 5.41) is 3.87. The van der Waals surface area contributed by atoms with Gasteiger partial charge in [0.25, 0.3) is 5.91 Å². The number of aromatic nitrogens is 2. The highest BCUT2D eigenvalue weighted by Gasteiger charge is 2.26. The Kier molecular flexibility index (Phi) is 7.45. The lowest BCUT2D eigenvalue weighted by Gasteiger charge is -2.34. The van der Waals surface area contributed by atoms with E-state index < -0.39 is 0 Å². The first-order chi connectivity index (χ1) is 16.9. The maximum Gasteiger partial charge on any atom is 0.409 e. The molecule has 0 bridgehead atoms. The van der Waals surface area contributed by atoms with Crippen LogP contribution in [0, 0.1) is 0 Å². The molecule has 0 atom stereocenters. The Morgan fingerprint density at radius 3 is 2.46 bits per heavy atom. The average molecular weight is 496 g/mol. The summed E-state index contributed by atoms with van der Waals surface area (Å²) < 4.78 is 5.18. The molecule has 1 N–H and O–H groups in total. The Bertz CT molecular complexity index is 1260. The van der Waals surface area contributed by atoms with Crippen molar-refractivity contribution in [3.05, 3.63) is 53.2 Å². The molecule has 0 unspecified atom stereocenters. The largest absolute Gasteiger partial charge is 0.449 e. The van der Waals surface area contributed by atoms with Crippen molar-refractivity contribution in [1.82, 2.24) is 19.8 Å². The van der Waals surface area contributed by atoms with Crippen molar-refractivity contribution < 1.29 is 19.1 Å².